The molecule has 0 fully saturated rings. The molecule has 1 aromatic rings. The molecule has 0 aromatic heterocycles. The molecule has 0 radical (unpaired) electrons. The molecule has 0 aliphatic heterocycles. The van der Waals surface area contributed by atoms with Crippen LogP contribution in [0.25, 0.3) is 0 Å². The Balaban J connectivity index is 3.07. The van der Waals surface area contributed by atoms with Crippen molar-refractivity contribution < 1.29 is 35.5 Å². The molecule has 0 saturated carbocycles. The number of hydrogen-bond acceptors (Lipinski definition) is 2. The second kappa shape index (κ2) is 5.59. The molecule has 1 amide bonds. The highest BCUT2D eigenvalue weighted by molar-refractivity contribution is 5.93. The van der Waals surface area contributed by atoms with E-state index in [0.717, 1.165) is 6.07 Å². The van der Waals surface area contributed by atoms with Crippen molar-refractivity contribution in [1.82, 2.24) is 0 Å². The molecule has 1 N–H and O–H groups in total. The van der Waals surface area contributed by atoms with E-state index in [9.17, 15) is 35.5 Å². The summed E-state index contributed by atoms with van der Waals surface area (Å²) >= 11 is 0. The first-order valence-electron chi connectivity index (χ1n) is 5.10. The van der Waals surface area contributed by atoms with Gasteiger partial charge in [0.05, 0.1) is 17.3 Å². The van der Waals surface area contributed by atoms with E-state index in [-0.39, 0.29) is 5.56 Å². The summed E-state index contributed by atoms with van der Waals surface area (Å²) in [6.07, 6.45) is -11.7. The van der Waals surface area contributed by atoms with Crippen LogP contribution in [0.4, 0.5) is 36.4 Å². The van der Waals surface area contributed by atoms with Crippen LogP contribution >= 0.6 is 0 Å². The Labute approximate surface area is 113 Å². The minimum atomic E-state index is -5.87. The van der Waals surface area contributed by atoms with E-state index in [1.165, 1.54) is 11.4 Å². The molecule has 0 bridgehead atoms. The van der Waals surface area contributed by atoms with Crippen LogP contribution in [0.5, 0.6) is 0 Å². The number of rotatable bonds is 2. The third-order valence-electron chi connectivity index (χ3n) is 2.27. The zero-order chi connectivity index (χ0) is 16.4. The fraction of sp³-hybridized carbons (Fsp3) is 0.273. The molecule has 0 saturated heterocycles. The third-order valence-corrected chi connectivity index (χ3v) is 2.27. The lowest BCUT2D eigenvalue weighted by Crippen LogP contribution is -2.45. The van der Waals surface area contributed by atoms with Crippen molar-refractivity contribution in [1.29, 1.82) is 5.26 Å². The van der Waals surface area contributed by atoms with Crippen LogP contribution in [0, 0.1) is 23.1 Å². The van der Waals surface area contributed by atoms with Crippen molar-refractivity contribution in [2.24, 2.45) is 5.92 Å². The average molecular weight is 314 g/mol. The van der Waals surface area contributed by atoms with Crippen LogP contribution in [-0.2, 0) is 4.79 Å². The Kier molecular flexibility index (Phi) is 4.46. The Hall–Kier alpha value is -2.31. The average Bonchev–Trinajstić information content (AvgIpc) is 2.27. The quantitative estimate of drug-likeness (QED) is 0.851. The van der Waals surface area contributed by atoms with Crippen LogP contribution in [0.1, 0.15) is 5.56 Å². The lowest BCUT2D eigenvalue weighted by Gasteiger charge is -2.22. The SMILES string of the molecule is N#Cc1ccc(NC(=O)C(C(F)(F)F)C(F)(F)F)c(F)c1. The van der Waals surface area contributed by atoms with Crippen molar-refractivity contribution >= 4 is 11.6 Å². The Morgan fingerprint density at radius 2 is 1.67 bits per heavy atom. The van der Waals surface area contributed by atoms with Gasteiger partial charge >= 0.3 is 12.4 Å². The summed E-state index contributed by atoms with van der Waals surface area (Å²) in [5.74, 6) is -8.07. The number of hydrogen-bond donors (Lipinski definition) is 1. The van der Waals surface area contributed by atoms with Crippen molar-refractivity contribution in [3.63, 3.8) is 0 Å². The number of alkyl halides is 6. The topological polar surface area (TPSA) is 52.9 Å². The standard InChI is InChI=1S/C11H5F7N2O/c12-6-3-5(4-19)1-2-7(6)20-9(21)8(10(13,14)15)11(16,17)18/h1-3,8H,(H,20,21). The normalized spacial score (nSPS) is 12.1. The summed E-state index contributed by atoms with van der Waals surface area (Å²) in [6.45, 7) is 0. The van der Waals surface area contributed by atoms with E-state index in [0.29, 0.717) is 12.1 Å². The summed E-state index contributed by atoms with van der Waals surface area (Å²) in [5, 5.41) is 9.65. The van der Waals surface area contributed by atoms with Gasteiger partial charge in [-0.3, -0.25) is 4.79 Å². The maximum Gasteiger partial charge on any atom is 0.409 e. The number of nitriles is 1. The number of halogens is 7. The molecule has 0 unspecified atom stereocenters. The predicted molar refractivity (Wildman–Crippen MR) is 55.3 cm³/mol. The largest absolute Gasteiger partial charge is 0.409 e. The molecule has 0 heterocycles. The molecule has 0 atom stereocenters. The monoisotopic (exact) mass is 314 g/mol. The zero-order valence-electron chi connectivity index (χ0n) is 9.81. The molecule has 1 rings (SSSR count). The van der Waals surface area contributed by atoms with Crippen LogP contribution in [-0.4, -0.2) is 18.3 Å². The highest BCUT2D eigenvalue weighted by atomic mass is 19.4. The van der Waals surface area contributed by atoms with Crippen LogP contribution in [0.3, 0.4) is 0 Å². The van der Waals surface area contributed by atoms with Gasteiger partial charge in [-0.2, -0.15) is 31.6 Å². The van der Waals surface area contributed by atoms with Gasteiger partial charge in [0.1, 0.15) is 5.82 Å². The van der Waals surface area contributed by atoms with Crippen molar-refractivity contribution in [2.45, 2.75) is 12.4 Å². The highest BCUT2D eigenvalue weighted by Gasteiger charge is 2.61. The Morgan fingerprint density at radius 1 is 1.14 bits per heavy atom. The van der Waals surface area contributed by atoms with Crippen LogP contribution in [0.2, 0.25) is 0 Å². The molecule has 0 aliphatic rings. The van der Waals surface area contributed by atoms with Crippen LogP contribution in [0.15, 0.2) is 18.2 Å². The van der Waals surface area contributed by atoms with Gasteiger partial charge in [-0.1, -0.05) is 0 Å². The van der Waals surface area contributed by atoms with Gasteiger partial charge < -0.3 is 5.32 Å². The number of nitrogens with one attached hydrogen (secondary N) is 1. The van der Waals surface area contributed by atoms with E-state index in [1.54, 1.807) is 0 Å². The first-order valence-corrected chi connectivity index (χ1v) is 5.10. The minimum absolute atomic E-state index is 0.214. The Bertz CT molecular complexity index is 572. The van der Waals surface area contributed by atoms with Gasteiger partial charge in [0.25, 0.3) is 0 Å². The molecular formula is C11H5F7N2O. The number of benzene rings is 1. The predicted octanol–water partition coefficient (Wildman–Crippen LogP) is 3.38. The number of carbonyl (C=O) groups is 1. The lowest BCUT2D eigenvalue weighted by molar-refractivity contribution is -0.272. The molecule has 21 heavy (non-hydrogen) atoms. The number of amides is 1. The third kappa shape index (κ3) is 4.08. The molecule has 1 aromatic carbocycles. The lowest BCUT2D eigenvalue weighted by atomic mass is 10.1. The molecule has 10 heteroatoms. The second-order valence-corrected chi connectivity index (χ2v) is 3.81. The summed E-state index contributed by atoms with van der Waals surface area (Å²) in [5.41, 5.74) is -1.11. The van der Waals surface area contributed by atoms with Gasteiger partial charge in [-0.05, 0) is 18.2 Å². The second-order valence-electron chi connectivity index (χ2n) is 3.81. The summed E-state index contributed by atoms with van der Waals surface area (Å²) in [4.78, 5) is 11.1. The summed E-state index contributed by atoms with van der Waals surface area (Å²) < 4.78 is 87.0. The van der Waals surface area contributed by atoms with Gasteiger partial charge in [-0.25, -0.2) is 4.39 Å². The number of nitrogens with zero attached hydrogens (tertiary/aromatic N) is 1. The summed E-state index contributed by atoms with van der Waals surface area (Å²) in [6, 6.07) is 3.68. The maximum absolute atomic E-state index is 13.3. The van der Waals surface area contributed by atoms with E-state index in [2.05, 4.69) is 0 Å². The number of anilines is 1. The molecule has 0 aliphatic carbocycles. The van der Waals surface area contributed by atoms with E-state index in [1.807, 2.05) is 0 Å². The molecular weight excluding hydrogens is 309 g/mol. The Morgan fingerprint density at radius 3 is 2.05 bits per heavy atom. The van der Waals surface area contributed by atoms with Crippen molar-refractivity contribution in [3.05, 3.63) is 29.6 Å². The fourth-order valence-corrected chi connectivity index (χ4v) is 1.37. The molecule has 0 spiro atoms. The van der Waals surface area contributed by atoms with Gasteiger partial charge in [-0.15, -0.1) is 0 Å². The summed E-state index contributed by atoms with van der Waals surface area (Å²) in [7, 11) is 0. The zero-order valence-corrected chi connectivity index (χ0v) is 9.81. The van der Waals surface area contributed by atoms with Crippen molar-refractivity contribution in [2.75, 3.05) is 5.32 Å². The van der Waals surface area contributed by atoms with E-state index < -0.39 is 35.7 Å². The van der Waals surface area contributed by atoms with E-state index in [4.69, 9.17) is 5.26 Å². The van der Waals surface area contributed by atoms with Gasteiger partial charge in [0.2, 0.25) is 11.8 Å². The van der Waals surface area contributed by atoms with Gasteiger partial charge in [0, 0.05) is 0 Å². The first kappa shape index (κ1) is 16.7. The van der Waals surface area contributed by atoms with Gasteiger partial charge in [0.15, 0.2) is 0 Å². The van der Waals surface area contributed by atoms with Crippen molar-refractivity contribution in [3.8, 4) is 6.07 Å². The smallest absolute Gasteiger partial charge is 0.323 e. The maximum atomic E-state index is 13.3. The van der Waals surface area contributed by atoms with E-state index >= 15 is 0 Å². The molecule has 3 nitrogen and oxygen atoms in total. The highest BCUT2D eigenvalue weighted by Crippen LogP contribution is 2.40. The number of carbonyl (C=O) groups excluding carboxylic acids is 1. The minimum Gasteiger partial charge on any atom is -0.323 e. The fourth-order valence-electron chi connectivity index (χ4n) is 1.37. The van der Waals surface area contributed by atoms with Crippen LogP contribution < -0.4 is 5.32 Å². The molecule has 114 valence electrons. The first-order chi connectivity index (χ1) is 9.46.